The minimum absolute atomic E-state index is 0.0746. The second-order valence-electron chi connectivity index (χ2n) is 9.38. The van der Waals surface area contributed by atoms with Gasteiger partial charge >= 0.3 is 0 Å². The van der Waals surface area contributed by atoms with Crippen LogP contribution >= 0.6 is 0 Å². The van der Waals surface area contributed by atoms with Crippen molar-refractivity contribution in [3.8, 4) is 0 Å². The number of carbonyl (C=O) groups is 2. The highest BCUT2D eigenvalue weighted by atomic mass is 19.3. The Morgan fingerprint density at radius 1 is 1.14 bits per heavy atom. The number of pyridine rings is 1. The maximum atomic E-state index is 14.3. The van der Waals surface area contributed by atoms with E-state index in [2.05, 4.69) is 25.7 Å². The first-order chi connectivity index (χ1) is 17.3. The van der Waals surface area contributed by atoms with Crippen LogP contribution in [0.3, 0.4) is 0 Å². The van der Waals surface area contributed by atoms with E-state index in [1.54, 1.807) is 18.3 Å². The number of aromatic amines is 1. The fourth-order valence-electron chi connectivity index (χ4n) is 4.82. The Bertz CT molecular complexity index is 1200. The summed E-state index contributed by atoms with van der Waals surface area (Å²) in [6, 6.07) is 11.0. The molecule has 3 unspecified atom stereocenters. The van der Waals surface area contributed by atoms with Crippen molar-refractivity contribution in [3.63, 3.8) is 0 Å². The second kappa shape index (κ2) is 9.71. The Labute approximate surface area is 205 Å². The summed E-state index contributed by atoms with van der Waals surface area (Å²) in [6.07, 6.45) is 1.07. The topological polar surface area (TPSA) is 104 Å². The smallest absolute Gasteiger partial charge is 0.249 e. The lowest BCUT2D eigenvalue weighted by Gasteiger charge is -2.35. The number of halogens is 3. The van der Waals surface area contributed by atoms with Gasteiger partial charge in [0, 0.05) is 25.5 Å². The standard InChI is InChI=1S/C25H25F3N6O2/c26-18-8-21(34(14-18)22(35)9-19-13-30-33-32-19)24(36)31-23(15-4-2-1-3-5-15)20-7-6-16(12-29-20)17-10-25(27,28)11-17/h1-7,12-13,17-18,21,23H,8-11,14H2,(H,31,36)(H,30,32,33). The predicted molar refractivity (Wildman–Crippen MR) is 123 cm³/mol. The molecule has 2 amide bonds. The third-order valence-corrected chi connectivity index (χ3v) is 6.77. The van der Waals surface area contributed by atoms with Gasteiger partial charge in [-0.1, -0.05) is 41.6 Å². The number of nitrogens with zero attached hydrogens (tertiary/aromatic N) is 4. The molecule has 1 aliphatic carbocycles. The maximum Gasteiger partial charge on any atom is 0.249 e. The van der Waals surface area contributed by atoms with Crippen LogP contribution in [0.5, 0.6) is 0 Å². The Kier molecular flexibility index (Phi) is 6.46. The van der Waals surface area contributed by atoms with Crippen LogP contribution in [0.4, 0.5) is 13.2 Å². The van der Waals surface area contributed by atoms with Crippen LogP contribution in [0, 0.1) is 0 Å². The van der Waals surface area contributed by atoms with E-state index in [4.69, 9.17) is 0 Å². The van der Waals surface area contributed by atoms with Crippen molar-refractivity contribution in [2.75, 3.05) is 6.54 Å². The van der Waals surface area contributed by atoms with Crippen molar-refractivity contribution >= 4 is 11.8 Å². The molecule has 2 aliphatic rings. The number of nitrogens with one attached hydrogen (secondary N) is 2. The van der Waals surface area contributed by atoms with E-state index in [0.717, 1.165) is 11.1 Å². The zero-order valence-electron chi connectivity index (χ0n) is 19.3. The molecule has 3 aromatic rings. The molecule has 0 spiro atoms. The van der Waals surface area contributed by atoms with Gasteiger partial charge < -0.3 is 10.2 Å². The van der Waals surface area contributed by atoms with Crippen molar-refractivity contribution in [1.82, 2.24) is 30.6 Å². The van der Waals surface area contributed by atoms with Gasteiger partial charge in [-0.3, -0.25) is 19.7 Å². The Morgan fingerprint density at radius 3 is 2.56 bits per heavy atom. The van der Waals surface area contributed by atoms with E-state index in [9.17, 15) is 22.8 Å². The number of likely N-dealkylation sites (tertiary alicyclic amines) is 1. The van der Waals surface area contributed by atoms with Crippen molar-refractivity contribution in [1.29, 1.82) is 0 Å². The lowest BCUT2D eigenvalue weighted by Crippen LogP contribution is -2.47. The molecule has 2 N–H and O–H groups in total. The van der Waals surface area contributed by atoms with E-state index in [1.165, 1.54) is 11.1 Å². The third-order valence-electron chi connectivity index (χ3n) is 6.77. The number of carbonyl (C=O) groups excluding carboxylic acids is 2. The Hall–Kier alpha value is -3.76. The van der Waals surface area contributed by atoms with Crippen molar-refractivity contribution < 1.29 is 22.8 Å². The molecule has 1 aromatic carbocycles. The summed E-state index contributed by atoms with van der Waals surface area (Å²) in [4.78, 5) is 31.9. The highest BCUT2D eigenvalue weighted by Crippen LogP contribution is 2.48. The number of alkyl halides is 3. The van der Waals surface area contributed by atoms with Crippen LogP contribution in [0.25, 0.3) is 0 Å². The zero-order valence-corrected chi connectivity index (χ0v) is 19.3. The van der Waals surface area contributed by atoms with Crippen LogP contribution in [-0.2, 0) is 16.0 Å². The molecule has 1 saturated heterocycles. The summed E-state index contributed by atoms with van der Waals surface area (Å²) in [5.41, 5.74) is 2.46. The predicted octanol–water partition coefficient (Wildman–Crippen LogP) is 3.10. The number of rotatable bonds is 7. The van der Waals surface area contributed by atoms with Gasteiger partial charge in [0.15, 0.2) is 0 Å². The molecule has 0 bridgehead atoms. The first-order valence-electron chi connectivity index (χ1n) is 11.8. The van der Waals surface area contributed by atoms with E-state index < -0.39 is 36.0 Å². The number of hydrogen-bond donors (Lipinski definition) is 2. The Morgan fingerprint density at radius 2 is 1.92 bits per heavy atom. The van der Waals surface area contributed by atoms with E-state index in [-0.39, 0.29) is 38.1 Å². The minimum atomic E-state index is -2.63. The number of H-pyrrole nitrogens is 1. The van der Waals surface area contributed by atoms with Gasteiger partial charge in [0.2, 0.25) is 17.7 Å². The largest absolute Gasteiger partial charge is 0.342 e. The van der Waals surface area contributed by atoms with E-state index in [1.807, 2.05) is 30.3 Å². The van der Waals surface area contributed by atoms with Gasteiger partial charge in [0.1, 0.15) is 12.2 Å². The maximum absolute atomic E-state index is 14.3. The summed E-state index contributed by atoms with van der Waals surface area (Å²) in [5.74, 6) is -3.77. The molecule has 0 radical (unpaired) electrons. The molecule has 3 heterocycles. The first kappa shape index (κ1) is 24.0. The quantitative estimate of drug-likeness (QED) is 0.521. The minimum Gasteiger partial charge on any atom is -0.342 e. The number of amides is 2. The summed E-state index contributed by atoms with van der Waals surface area (Å²) in [6.45, 7) is -0.173. The lowest BCUT2D eigenvalue weighted by atomic mass is 9.77. The molecule has 1 aliphatic heterocycles. The fourth-order valence-corrected chi connectivity index (χ4v) is 4.82. The van der Waals surface area contributed by atoms with Crippen LogP contribution in [0.1, 0.15) is 53.7 Å². The van der Waals surface area contributed by atoms with Gasteiger partial charge in [-0.2, -0.15) is 0 Å². The van der Waals surface area contributed by atoms with Gasteiger partial charge in [0.25, 0.3) is 0 Å². The lowest BCUT2D eigenvalue weighted by molar-refractivity contribution is -0.138. The Balaban J connectivity index is 1.34. The van der Waals surface area contributed by atoms with E-state index in [0.29, 0.717) is 11.4 Å². The van der Waals surface area contributed by atoms with E-state index >= 15 is 0 Å². The molecule has 8 nitrogen and oxygen atoms in total. The molecule has 3 atom stereocenters. The molecule has 2 fully saturated rings. The molecule has 2 aromatic heterocycles. The summed E-state index contributed by atoms with van der Waals surface area (Å²) in [5, 5.41) is 12.7. The van der Waals surface area contributed by atoms with Crippen molar-refractivity contribution in [2.24, 2.45) is 0 Å². The summed E-state index contributed by atoms with van der Waals surface area (Å²) >= 11 is 0. The molecule has 5 rings (SSSR count). The molecule has 1 saturated carbocycles. The second-order valence-corrected chi connectivity index (χ2v) is 9.38. The average molecular weight is 499 g/mol. The zero-order chi connectivity index (χ0) is 25.3. The van der Waals surface area contributed by atoms with Gasteiger partial charge in [-0.25, -0.2) is 13.2 Å². The number of benzene rings is 1. The van der Waals surface area contributed by atoms with Crippen molar-refractivity contribution in [3.05, 3.63) is 77.4 Å². The van der Waals surface area contributed by atoms with Gasteiger partial charge in [0.05, 0.1) is 36.6 Å². The van der Waals surface area contributed by atoms with Crippen LogP contribution in [-0.4, -0.2) is 61.8 Å². The summed E-state index contributed by atoms with van der Waals surface area (Å²) in [7, 11) is 0. The average Bonchev–Trinajstić information content (AvgIpc) is 3.51. The number of aromatic nitrogens is 4. The normalized spacial score (nSPS) is 22.1. The van der Waals surface area contributed by atoms with Crippen molar-refractivity contribution in [2.45, 2.75) is 55.8 Å². The molecule has 36 heavy (non-hydrogen) atoms. The number of hydrogen-bond acceptors (Lipinski definition) is 5. The molecular formula is C25H25F3N6O2. The highest BCUT2D eigenvalue weighted by molar-refractivity contribution is 5.89. The SMILES string of the molecule is O=C(NC(c1ccccc1)c1ccc(C2CC(F)(F)C2)cn1)C1CC(F)CN1C(=O)Cc1cnn[nH]1. The third kappa shape index (κ3) is 5.09. The van der Waals surface area contributed by atoms with Crippen LogP contribution in [0.15, 0.2) is 54.9 Å². The fraction of sp³-hybridized carbons (Fsp3) is 0.400. The summed E-state index contributed by atoms with van der Waals surface area (Å²) < 4.78 is 40.9. The van der Waals surface area contributed by atoms with Gasteiger partial charge in [-0.05, 0) is 23.1 Å². The van der Waals surface area contributed by atoms with Crippen LogP contribution in [0.2, 0.25) is 0 Å². The molecule has 188 valence electrons. The van der Waals surface area contributed by atoms with Crippen LogP contribution < -0.4 is 5.32 Å². The molecular weight excluding hydrogens is 473 g/mol. The highest BCUT2D eigenvalue weighted by Gasteiger charge is 2.46. The first-order valence-corrected chi connectivity index (χ1v) is 11.8. The molecule has 11 heteroatoms. The monoisotopic (exact) mass is 498 g/mol. The van der Waals surface area contributed by atoms with Gasteiger partial charge in [-0.15, -0.1) is 5.10 Å².